The molecule has 104 valence electrons. The monoisotopic (exact) mass is 268 g/mol. The van der Waals surface area contributed by atoms with Gasteiger partial charge in [-0.05, 0) is 48.8 Å². The summed E-state index contributed by atoms with van der Waals surface area (Å²) in [5.41, 5.74) is 1.98. The predicted molar refractivity (Wildman–Crippen MR) is 79.7 cm³/mol. The Morgan fingerprint density at radius 2 is 2.15 bits per heavy atom. The van der Waals surface area contributed by atoms with E-state index in [9.17, 15) is 4.79 Å². The third-order valence-electron chi connectivity index (χ3n) is 5.05. The van der Waals surface area contributed by atoms with Crippen LogP contribution in [0.2, 0.25) is 0 Å². The van der Waals surface area contributed by atoms with Gasteiger partial charge in [0.15, 0.2) is 0 Å². The van der Waals surface area contributed by atoms with Gasteiger partial charge in [0.1, 0.15) is 0 Å². The fraction of sp³-hybridized carbons (Fsp3) is 0.471. The molecule has 2 fully saturated rings. The molecule has 2 heterocycles. The van der Waals surface area contributed by atoms with E-state index in [0.717, 1.165) is 23.5 Å². The number of nitrogens with zero attached hydrogens (tertiary/aromatic N) is 2. The van der Waals surface area contributed by atoms with Crippen molar-refractivity contribution < 1.29 is 4.79 Å². The molecule has 2 aromatic rings. The van der Waals surface area contributed by atoms with Crippen molar-refractivity contribution >= 4 is 16.8 Å². The molecule has 1 aliphatic heterocycles. The third-order valence-corrected chi connectivity index (χ3v) is 5.05. The Morgan fingerprint density at radius 1 is 1.25 bits per heavy atom. The molecular weight excluding hydrogens is 248 g/mol. The lowest BCUT2D eigenvalue weighted by molar-refractivity contribution is 0.0733. The first-order valence-electron chi connectivity index (χ1n) is 7.58. The van der Waals surface area contributed by atoms with Crippen LogP contribution in [0.15, 0.2) is 30.5 Å². The highest BCUT2D eigenvalue weighted by Gasteiger charge is 2.37. The number of benzene rings is 1. The van der Waals surface area contributed by atoms with E-state index in [0.29, 0.717) is 6.04 Å². The number of carbonyl (C=O) groups excluding carboxylic acids is 1. The van der Waals surface area contributed by atoms with Gasteiger partial charge in [0, 0.05) is 36.9 Å². The van der Waals surface area contributed by atoms with Crippen LogP contribution in [0, 0.1) is 5.92 Å². The maximum Gasteiger partial charge on any atom is 0.254 e. The summed E-state index contributed by atoms with van der Waals surface area (Å²) in [5.74, 6) is 0.971. The van der Waals surface area contributed by atoms with Crippen molar-refractivity contribution in [3.05, 3.63) is 36.0 Å². The molecule has 1 saturated heterocycles. The second kappa shape index (κ2) is 4.37. The molecule has 2 unspecified atom stereocenters. The fourth-order valence-electron chi connectivity index (χ4n) is 3.95. The van der Waals surface area contributed by atoms with Gasteiger partial charge < -0.3 is 9.47 Å². The smallest absolute Gasteiger partial charge is 0.254 e. The van der Waals surface area contributed by atoms with Crippen LogP contribution in [0.1, 0.15) is 36.0 Å². The highest BCUT2D eigenvalue weighted by Crippen LogP contribution is 2.36. The molecular formula is C17H20N2O. The minimum absolute atomic E-state index is 0.225. The summed E-state index contributed by atoms with van der Waals surface area (Å²) in [6.45, 7) is 0.967. The molecule has 2 aliphatic rings. The van der Waals surface area contributed by atoms with Gasteiger partial charge in [0.25, 0.3) is 5.91 Å². The average Bonchev–Trinajstić information content (AvgIpc) is 2.98. The summed E-state index contributed by atoms with van der Waals surface area (Å²) in [6.07, 6.45) is 7.04. The lowest BCUT2D eigenvalue weighted by Crippen LogP contribution is -2.35. The molecule has 0 radical (unpaired) electrons. The van der Waals surface area contributed by atoms with Crippen LogP contribution < -0.4 is 0 Å². The Morgan fingerprint density at radius 3 is 3.00 bits per heavy atom. The van der Waals surface area contributed by atoms with Gasteiger partial charge in [-0.15, -0.1) is 0 Å². The zero-order valence-corrected chi connectivity index (χ0v) is 11.9. The molecule has 2 bridgehead atoms. The quantitative estimate of drug-likeness (QED) is 0.779. The summed E-state index contributed by atoms with van der Waals surface area (Å²) in [5, 5.41) is 1.20. The van der Waals surface area contributed by atoms with Crippen LogP contribution in [-0.2, 0) is 7.05 Å². The van der Waals surface area contributed by atoms with Crippen molar-refractivity contribution in [1.29, 1.82) is 0 Å². The molecule has 1 aliphatic carbocycles. The van der Waals surface area contributed by atoms with Crippen molar-refractivity contribution in [2.24, 2.45) is 13.0 Å². The standard InChI is InChI=1S/C17H20N2O/c1-18-8-7-13-5-6-14(10-16(13)18)17(20)19-11-12-3-2-4-15(19)9-12/h5-8,10,12,15H,2-4,9,11H2,1H3. The minimum Gasteiger partial charge on any atom is -0.351 e. The third kappa shape index (κ3) is 1.76. The van der Waals surface area contributed by atoms with E-state index < -0.39 is 0 Å². The normalized spacial score (nSPS) is 25.4. The second-order valence-corrected chi connectivity index (χ2v) is 6.34. The van der Waals surface area contributed by atoms with Gasteiger partial charge >= 0.3 is 0 Å². The number of amides is 1. The number of fused-ring (bicyclic) bond motifs is 3. The summed E-state index contributed by atoms with van der Waals surface area (Å²) < 4.78 is 2.08. The van der Waals surface area contributed by atoms with Crippen LogP contribution in [0.3, 0.4) is 0 Å². The molecule has 1 saturated carbocycles. The molecule has 1 aromatic heterocycles. The Labute approximate surface area is 119 Å². The van der Waals surface area contributed by atoms with E-state index in [4.69, 9.17) is 0 Å². The van der Waals surface area contributed by atoms with E-state index in [2.05, 4.69) is 21.6 Å². The van der Waals surface area contributed by atoms with E-state index in [1.807, 2.05) is 25.4 Å². The zero-order valence-electron chi connectivity index (χ0n) is 11.9. The fourth-order valence-corrected chi connectivity index (χ4v) is 3.95. The lowest BCUT2D eigenvalue weighted by Gasteiger charge is -2.24. The Bertz CT molecular complexity index is 673. The van der Waals surface area contributed by atoms with Gasteiger partial charge in [-0.1, -0.05) is 12.5 Å². The molecule has 2 atom stereocenters. The number of aromatic nitrogens is 1. The van der Waals surface area contributed by atoms with Gasteiger partial charge in [-0.25, -0.2) is 0 Å². The molecule has 1 aromatic carbocycles. The summed E-state index contributed by atoms with van der Waals surface area (Å²) in [6, 6.07) is 8.66. The van der Waals surface area contributed by atoms with Crippen molar-refractivity contribution in [3.8, 4) is 0 Å². The summed E-state index contributed by atoms with van der Waals surface area (Å²) in [7, 11) is 2.03. The first-order chi connectivity index (χ1) is 9.72. The number of hydrogen-bond acceptors (Lipinski definition) is 1. The summed E-state index contributed by atoms with van der Waals surface area (Å²) >= 11 is 0. The average molecular weight is 268 g/mol. The summed E-state index contributed by atoms with van der Waals surface area (Å²) in [4.78, 5) is 14.9. The van der Waals surface area contributed by atoms with E-state index in [1.54, 1.807) is 0 Å². The first-order valence-corrected chi connectivity index (χ1v) is 7.58. The Balaban J connectivity index is 1.68. The lowest BCUT2D eigenvalue weighted by atomic mass is 9.90. The van der Waals surface area contributed by atoms with Crippen molar-refractivity contribution in [3.63, 3.8) is 0 Å². The molecule has 0 N–H and O–H groups in total. The Hall–Kier alpha value is -1.77. The van der Waals surface area contributed by atoms with E-state index in [-0.39, 0.29) is 5.91 Å². The largest absolute Gasteiger partial charge is 0.351 e. The molecule has 3 heteroatoms. The SMILES string of the molecule is Cn1ccc2ccc(C(=O)N3CC4CCCC3C4)cc21. The van der Waals surface area contributed by atoms with Gasteiger partial charge in [0.05, 0.1) is 0 Å². The van der Waals surface area contributed by atoms with Gasteiger partial charge in [0.2, 0.25) is 0 Å². The van der Waals surface area contributed by atoms with Crippen molar-refractivity contribution in [2.75, 3.05) is 6.54 Å². The van der Waals surface area contributed by atoms with Crippen LogP contribution in [0.4, 0.5) is 0 Å². The maximum absolute atomic E-state index is 12.8. The zero-order chi connectivity index (χ0) is 13.7. The molecule has 4 rings (SSSR count). The number of rotatable bonds is 1. The highest BCUT2D eigenvalue weighted by atomic mass is 16.2. The highest BCUT2D eigenvalue weighted by molar-refractivity contribution is 5.98. The predicted octanol–water partition coefficient (Wildman–Crippen LogP) is 3.19. The molecule has 1 amide bonds. The van der Waals surface area contributed by atoms with Gasteiger partial charge in [-0.3, -0.25) is 4.79 Å². The maximum atomic E-state index is 12.8. The molecule has 0 spiro atoms. The number of likely N-dealkylation sites (tertiary alicyclic amines) is 1. The number of hydrogen-bond donors (Lipinski definition) is 0. The van der Waals surface area contributed by atoms with Crippen LogP contribution >= 0.6 is 0 Å². The Kier molecular flexibility index (Phi) is 2.62. The second-order valence-electron chi connectivity index (χ2n) is 6.34. The minimum atomic E-state index is 0.225. The van der Waals surface area contributed by atoms with Crippen LogP contribution in [-0.4, -0.2) is 28.0 Å². The van der Waals surface area contributed by atoms with Crippen molar-refractivity contribution in [1.82, 2.24) is 9.47 Å². The van der Waals surface area contributed by atoms with Crippen LogP contribution in [0.5, 0.6) is 0 Å². The van der Waals surface area contributed by atoms with E-state index in [1.165, 1.54) is 31.1 Å². The van der Waals surface area contributed by atoms with Gasteiger partial charge in [-0.2, -0.15) is 0 Å². The van der Waals surface area contributed by atoms with E-state index >= 15 is 0 Å². The molecule has 20 heavy (non-hydrogen) atoms. The molecule has 3 nitrogen and oxygen atoms in total. The van der Waals surface area contributed by atoms with Crippen molar-refractivity contribution in [2.45, 2.75) is 31.7 Å². The van der Waals surface area contributed by atoms with Crippen LogP contribution in [0.25, 0.3) is 10.9 Å². The number of aryl methyl sites for hydroxylation is 1. The first kappa shape index (κ1) is 12.0. The topological polar surface area (TPSA) is 25.2 Å². The number of carbonyl (C=O) groups is 1.